The quantitative estimate of drug-likeness (QED) is 0.668. The molecule has 0 aliphatic rings. The Hall–Kier alpha value is -2.34. The average molecular weight is 416 g/mol. The molecule has 1 aromatic heterocycles. The first-order chi connectivity index (χ1) is 13.7. The van der Waals surface area contributed by atoms with E-state index in [1.54, 1.807) is 16.2 Å². The van der Waals surface area contributed by atoms with E-state index in [0.29, 0.717) is 13.1 Å². The van der Waals surface area contributed by atoms with E-state index in [9.17, 15) is 9.59 Å². The van der Waals surface area contributed by atoms with E-state index in [1.807, 2.05) is 87.4 Å². The lowest BCUT2D eigenvalue weighted by atomic mass is 10.1. The minimum absolute atomic E-state index is 0.0263. The van der Waals surface area contributed by atoms with E-state index in [1.165, 1.54) is 0 Å². The summed E-state index contributed by atoms with van der Waals surface area (Å²) >= 11 is 1.64. The topological polar surface area (TPSA) is 52.7 Å². The highest BCUT2D eigenvalue weighted by atomic mass is 32.1. The van der Waals surface area contributed by atoms with Gasteiger partial charge in [0.2, 0.25) is 5.91 Å². The Bertz CT molecular complexity index is 769. The molecule has 2 aromatic rings. The Balaban J connectivity index is 2.18. The summed E-state index contributed by atoms with van der Waals surface area (Å²) in [6, 6.07) is 13.8. The molecule has 0 aliphatic carbocycles. The zero-order chi connectivity index (χ0) is 21.4. The van der Waals surface area contributed by atoms with Crippen molar-refractivity contribution in [2.24, 2.45) is 0 Å². The van der Waals surface area contributed by atoms with Crippen LogP contribution >= 0.6 is 11.3 Å². The highest BCUT2D eigenvalue weighted by molar-refractivity contribution is 7.09. The maximum atomic E-state index is 13.3. The molecule has 3 amide bonds. The lowest BCUT2D eigenvalue weighted by Crippen LogP contribution is -2.54. The molecule has 0 radical (unpaired) electrons. The molecule has 1 N–H and O–H groups in total. The SMILES string of the molecule is CC[C@H](C)N(CC(=O)N(Cc1ccccc1)Cc1cccs1)C(=O)NC(C)(C)C. The lowest BCUT2D eigenvalue weighted by Gasteiger charge is -2.33. The molecule has 5 nitrogen and oxygen atoms in total. The third-order valence-corrected chi connectivity index (χ3v) is 5.53. The van der Waals surface area contributed by atoms with Gasteiger partial charge in [0.25, 0.3) is 0 Å². The van der Waals surface area contributed by atoms with Crippen LogP contribution in [0.4, 0.5) is 4.79 Å². The maximum absolute atomic E-state index is 13.3. The number of nitrogens with zero attached hydrogens (tertiary/aromatic N) is 2. The molecular formula is C23H33N3O2S. The first-order valence-electron chi connectivity index (χ1n) is 10.1. The Morgan fingerprint density at radius 2 is 1.76 bits per heavy atom. The molecule has 2 rings (SSSR count). The van der Waals surface area contributed by atoms with E-state index < -0.39 is 0 Å². The highest BCUT2D eigenvalue weighted by Gasteiger charge is 2.27. The third kappa shape index (κ3) is 7.54. The monoisotopic (exact) mass is 415 g/mol. The second-order valence-electron chi connectivity index (χ2n) is 8.38. The second kappa shape index (κ2) is 10.4. The number of nitrogens with one attached hydrogen (secondary N) is 1. The van der Waals surface area contributed by atoms with Crippen LogP contribution in [-0.4, -0.2) is 39.9 Å². The fourth-order valence-corrected chi connectivity index (χ4v) is 3.63. The molecule has 1 aromatic carbocycles. The van der Waals surface area contributed by atoms with Gasteiger partial charge in [0.05, 0.1) is 6.54 Å². The van der Waals surface area contributed by atoms with Crippen LogP contribution in [-0.2, 0) is 17.9 Å². The average Bonchev–Trinajstić information content (AvgIpc) is 3.17. The zero-order valence-corrected chi connectivity index (χ0v) is 19.0. The van der Waals surface area contributed by atoms with Gasteiger partial charge in [-0.25, -0.2) is 4.79 Å². The normalized spacial score (nSPS) is 12.3. The van der Waals surface area contributed by atoms with E-state index >= 15 is 0 Å². The van der Waals surface area contributed by atoms with Crippen LogP contribution in [0.5, 0.6) is 0 Å². The van der Waals surface area contributed by atoms with Crippen LogP contribution in [0.25, 0.3) is 0 Å². The van der Waals surface area contributed by atoms with E-state index in [4.69, 9.17) is 0 Å². The lowest BCUT2D eigenvalue weighted by molar-refractivity contribution is -0.133. The molecule has 158 valence electrons. The number of amides is 3. The predicted molar refractivity (Wildman–Crippen MR) is 120 cm³/mol. The fraction of sp³-hybridized carbons (Fsp3) is 0.478. The van der Waals surface area contributed by atoms with Gasteiger partial charge >= 0.3 is 6.03 Å². The van der Waals surface area contributed by atoms with Gasteiger partial charge in [0.1, 0.15) is 6.54 Å². The number of hydrogen-bond donors (Lipinski definition) is 1. The molecule has 0 saturated carbocycles. The molecular weight excluding hydrogens is 382 g/mol. The molecule has 0 spiro atoms. The summed E-state index contributed by atoms with van der Waals surface area (Å²) in [5, 5.41) is 5.01. The number of rotatable bonds is 8. The summed E-state index contributed by atoms with van der Waals surface area (Å²) in [6.07, 6.45) is 0.786. The van der Waals surface area contributed by atoms with Crippen molar-refractivity contribution >= 4 is 23.3 Å². The van der Waals surface area contributed by atoms with Crippen molar-refractivity contribution < 1.29 is 9.59 Å². The largest absolute Gasteiger partial charge is 0.333 e. The molecule has 0 aliphatic heterocycles. The smallest absolute Gasteiger partial charge is 0.318 e. The van der Waals surface area contributed by atoms with Gasteiger partial charge in [-0.3, -0.25) is 4.79 Å². The summed E-state index contributed by atoms with van der Waals surface area (Å²) < 4.78 is 0. The number of thiophene rings is 1. The second-order valence-corrected chi connectivity index (χ2v) is 9.41. The van der Waals surface area contributed by atoms with Crippen LogP contribution < -0.4 is 5.32 Å². The Morgan fingerprint density at radius 1 is 1.07 bits per heavy atom. The molecule has 29 heavy (non-hydrogen) atoms. The number of carbonyl (C=O) groups excluding carboxylic acids is 2. The summed E-state index contributed by atoms with van der Waals surface area (Å²) in [5.41, 5.74) is 0.721. The molecule has 0 fully saturated rings. The van der Waals surface area contributed by atoms with E-state index in [2.05, 4.69) is 5.32 Å². The number of urea groups is 1. The number of carbonyl (C=O) groups is 2. The summed E-state index contributed by atoms with van der Waals surface area (Å²) in [5.74, 6) is -0.0494. The van der Waals surface area contributed by atoms with E-state index in [-0.39, 0.29) is 30.1 Å². The zero-order valence-electron chi connectivity index (χ0n) is 18.1. The molecule has 1 heterocycles. The van der Waals surface area contributed by atoms with Crippen molar-refractivity contribution in [2.75, 3.05) is 6.54 Å². The summed E-state index contributed by atoms with van der Waals surface area (Å²) in [7, 11) is 0. The standard InChI is InChI=1S/C23H33N3O2S/c1-6-18(2)26(22(28)24-23(3,4)5)17-21(27)25(16-20-13-10-14-29-20)15-19-11-8-7-9-12-19/h7-14,18H,6,15-17H2,1-5H3,(H,24,28)/t18-/m0/s1. The Morgan fingerprint density at radius 3 is 2.31 bits per heavy atom. The van der Waals surface area contributed by atoms with Gasteiger partial charge in [-0.15, -0.1) is 11.3 Å². The van der Waals surface area contributed by atoms with Gasteiger partial charge in [-0.1, -0.05) is 43.3 Å². The van der Waals surface area contributed by atoms with Crippen LogP contribution in [0.3, 0.4) is 0 Å². The van der Waals surface area contributed by atoms with Crippen molar-refractivity contribution in [1.82, 2.24) is 15.1 Å². The van der Waals surface area contributed by atoms with Gasteiger partial charge < -0.3 is 15.1 Å². The van der Waals surface area contributed by atoms with Crippen molar-refractivity contribution in [2.45, 2.75) is 65.7 Å². The number of hydrogen-bond acceptors (Lipinski definition) is 3. The van der Waals surface area contributed by atoms with Crippen molar-refractivity contribution in [3.8, 4) is 0 Å². The minimum Gasteiger partial charge on any atom is -0.333 e. The van der Waals surface area contributed by atoms with Crippen molar-refractivity contribution in [1.29, 1.82) is 0 Å². The highest BCUT2D eigenvalue weighted by Crippen LogP contribution is 2.16. The minimum atomic E-state index is -0.355. The first kappa shape index (κ1) is 22.9. The van der Waals surface area contributed by atoms with Crippen LogP contribution in [0.1, 0.15) is 51.5 Å². The van der Waals surface area contributed by atoms with Gasteiger partial charge in [0, 0.05) is 23.0 Å². The number of benzene rings is 1. The summed E-state index contributed by atoms with van der Waals surface area (Å²) in [4.78, 5) is 30.7. The fourth-order valence-electron chi connectivity index (χ4n) is 2.91. The molecule has 6 heteroatoms. The Kier molecular flexibility index (Phi) is 8.26. The van der Waals surface area contributed by atoms with E-state index in [0.717, 1.165) is 16.9 Å². The maximum Gasteiger partial charge on any atom is 0.318 e. The van der Waals surface area contributed by atoms with Crippen LogP contribution in [0.2, 0.25) is 0 Å². The third-order valence-electron chi connectivity index (χ3n) is 4.67. The van der Waals surface area contributed by atoms with Crippen molar-refractivity contribution in [3.63, 3.8) is 0 Å². The molecule has 0 unspecified atom stereocenters. The van der Waals surface area contributed by atoms with Gasteiger partial charge in [0.15, 0.2) is 0 Å². The summed E-state index contributed by atoms with van der Waals surface area (Å²) in [6.45, 7) is 11.0. The molecule has 0 saturated heterocycles. The van der Waals surface area contributed by atoms with Crippen LogP contribution in [0.15, 0.2) is 47.8 Å². The Labute approximate surface area is 178 Å². The first-order valence-corrected chi connectivity index (χ1v) is 11.0. The van der Waals surface area contributed by atoms with Crippen LogP contribution in [0, 0.1) is 0 Å². The van der Waals surface area contributed by atoms with Gasteiger partial charge in [-0.05, 0) is 51.1 Å². The molecule has 0 bridgehead atoms. The molecule has 1 atom stereocenters. The predicted octanol–water partition coefficient (Wildman–Crippen LogP) is 4.89. The van der Waals surface area contributed by atoms with Crippen molar-refractivity contribution in [3.05, 3.63) is 58.3 Å². The van der Waals surface area contributed by atoms with Gasteiger partial charge in [-0.2, -0.15) is 0 Å².